The Balaban J connectivity index is 2.00. The summed E-state index contributed by atoms with van der Waals surface area (Å²) < 4.78 is 5.21. The third-order valence-electron chi connectivity index (χ3n) is 2.10. The van der Waals surface area contributed by atoms with E-state index >= 15 is 0 Å². The monoisotopic (exact) mass is 212 g/mol. The number of nitrogens with zero attached hydrogens (tertiary/aromatic N) is 2. The minimum atomic E-state index is -0.720. The molecule has 1 aromatic heterocycles. The molecule has 0 aliphatic rings. The molecule has 1 rings (SSSR count). The van der Waals surface area contributed by atoms with Crippen LogP contribution in [0.5, 0.6) is 0 Å². The molecule has 0 amide bonds. The first-order valence-electron chi connectivity index (χ1n) is 5.19. The van der Waals surface area contributed by atoms with Gasteiger partial charge in [0.15, 0.2) is 0 Å². The average molecular weight is 212 g/mol. The zero-order valence-corrected chi connectivity index (χ0v) is 8.90. The molecule has 0 atom stereocenters. The molecule has 0 bridgehead atoms. The van der Waals surface area contributed by atoms with Crippen LogP contribution in [0.15, 0.2) is 4.42 Å². The van der Waals surface area contributed by atoms with Crippen LogP contribution in [0.1, 0.15) is 43.9 Å². The van der Waals surface area contributed by atoms with Gasteiger partial charge in [0.1, 0.15) is 0 Å². The second kappa shape index (κ2) is 6.16. The second-order valence-corrected chi connectivity index (χ2v) is 3.52. The Hall–Kier alpha value is -1.39. The summed E-state index contributed by atoms with van der Waals surface area (Å²) in [7, 11) is 0. The quantitative estimate of drug-likeness (QED) is 0.699. The topological polar surface area (TPSA) is 76.2 Å². The summed E-state index contributed by atoms with van der Waals surface area (Å²) in [6.07, 6.45) is 4.72. The molecule has 84 valence electrons. The highest BCUT2D eigenvalue weighted by molar-refractivity contribution is 5.66. The van der Waals surface area contributed by atoms with E-state index in [1.165, 1.54) is 0 Å². The van der Waals surface area contributed by atoms with Gasteiger partial charge in [0.25, 0.3) is 0 Å². The van der Waals surface area contributed by atoms with Gasteiger partial charge in [-0.1, -0.05) is 12.8 Å². The fourth-order valence-corrected chi connectivity index (χ4v) is 1.34. The number of carboxylic acids is 1. The van der Waals surface area contributed by atoms with E-state index in [4.69, 9.17) is 9.52 Å². The SMILES string of the molecule is Cc1nnc(CCCCCCC(=O)O)o1. The third kappa shape index (κ3) is 5.15. The Kier molecular flexibility index (Phi) is 4.80. The van der Waals surface area contributed by atoms with Crippen molar-refractivity contribution in [1.29, 1.82) is 0 Å². The molecule has 0 saturated heterocycles. The largest absolute Gasteiger partial charge is 0.481 e. The number of rotatable bonds is 7. The van der Waals surface area contributed by atoms with E-state index in [0.29, 0.717) is 11.8 Å². The lowest BCUT2D eigenvalue weighted by molar-refractivity contribution is -0.137. The van der Waals surface area contributed by atoms with Crippen LogP contribution in [0, 0.1) is 6.92 Å². The van der Waals surface area contributed by atoms with Gasteiger partial charge >= 0.3 is 5.97 Å². The van der Waals surface area contributed by atoms with E-state index in [2.05, 4.69) is 10.2 Å². The third-order valence-corrected chi connectivity index (χ3v) is 2.10. The van der Waals surface area contributed by atoms with Crippen molar-refractivity contribution in [3.8, 4) is 0 Å². The van der Waals surface area contributed by atoms with Crippen LogP contribution in [-0.4, -0.2) is 21.3 Å². The van der Waals surface area contributed by atoms with Crippen LogP contribution in [0.4, 0.5) is 0 Å². The molecule has 15 heavy (non-hydrogen) atoms. The lowest BCUT2D eigenvalue weighted by Gasteiger charge is -1.96. The first-order chi connectivity index (χ1) is 7.18. The number of aryl methyl sites for hydroxylation is 2. The van der Waals surface area contributed by atoms with E-state index in [9.17, 15) is 4.79 Å². The molecule has 1 N–H and O–H groups in total. The lowest BCUT2D eigenvalue weighted by Crippen LogP contribution is -1.94. The van der Waals surface area contributed by atoms with Gasteiger partial charge in [-0.15, -0.1) is 10.2 Å². The number of hydrogen-bond acceptors (Lipinski definition) is 4. The van der Waals surface area contributed by atoms with E-state index in [0.717, 1.165) is 32.1 Å². The number of carboxylic acid groups (broad SMARTS) is 1. The van der Waals surface area contributed by atoms with Crippen LogP contribution < -0.4 is 0 Å². The number of aliphatic carboxylic acids is 1. The maximum Gasteiger partial charge on any atom is 0.303 e. The summed E-state index contributed by atoms with van der Waals surface area (Å²) in [6.45, 7) is 1.77. The zero-order valence-electron chi connectivity index (χ0n) is 8.90. The minimum Gasteiger partial charge on any atom is -0.481 e. The number of hydrogen-bond donors (Lipinski definition) is 1. The molecule has 0 spiro atoms. The van der Waals surface area contributed by atoms with Crippen molar-refractivity contribution >= 4 is 5.97 Å². The molecular weight excluding hydrogens is 196 g/mol. The van der Waals surface area contributed by atoms with Gasteiger partial charge in [0.2, 0.25) is 11.8 Å². The second-order valence-electron chi connectivity index (χ2n) is 3.52. The van der Waals surface area contributed by atoms with Gasteiger partial charge in [0, 0.05) is 19.8 Å². The normalized spacial score (nSPS) is 10.5. The molecule has 5 nitrogen and oxygen atoms in total. The molecule has 0 aliphatic carbocycles. The summed E-state index contributed by atoms with van der Waals surface area (Å²) in [4.78, 5) is 10.2. The fourth-order valence-electron chi connectivity index (χ4n) is 1.34. The highest BCUT2D eigenvalue weighted by Crippen LogP contribution is 2.07. The highest BCUT2D eigenvalue weighted by Gasteiger charge is 2.01. The molecule has 0 aromatic carbocycles. The summed E-state index contributed by atoms with van der Waals surface area (Å²) in [5, 5.41) is 16.0. The average Bonchev–Trinajstić information content (AvgIpc) is 2.57. The number of carbonyl (C=O) groups is 1. The zero-order chi connectivity index (χ0) is 11.1. The summed E-state index contributed by atoms with van der Waals surface area (Å²) in [5.41, 5.74) is 0. The van der Waals surface area contributed by atoms with Crippen LogP contribution in [0.2, 0.25) is 0 Å². The molecule has 0 unspecified atom stereocenters. The van der Waals surface area contributed by atoms with Crippen molar-refractivity contribution in [3.05, 3.63) is 11.8 Å². The minimum absolute atomic E-state index is 0.264. The number of unbranched alkanes of at least 4 members (excludes halogenated alkanes) is 3. The van der Waals surface area contributed by atoms with Crippen molar-refractivity contribution in [2.75, 3.05) is 0 Å². The summed E-state index contributed by atoms with van der Waals surface area (Å²) >= 11 is 0. The highest BCUT2D eigenvalue weighted by atomic mass is 16.4. The van der Waals surface area contributed by atoms with Crippen molar-refractivity contribution in [3.63, 3.8) is 0 Å². The van der Waals surface area contributed by atoms with Crippen molar-refractivity contribution < 1.29 is 14.3 Å². The predicted octanol–water partition coefficient (Wildman–Crippen LogP) is 1.96. The van der Waals surface area contributed by atoms with Gasteiger partial charge in [0.05, 0.1) is 0 Å². The van der Waals surface area contributed by atoms with E-state index in [1.807, 2.05) is 0 Å². The Bertz CT molecular complexity index is 309. The van der Waals surface area contributed by atoms with Crippen LogP contribution in [0.25, 0.3) is 0 Å². The molecule has 0 radical (unpaired) electrons. The summed E-state index contributed by atoms with van der Waals surface area (Å²) in [6, 6.07) is 0. The van der Waals surface area contributed by atoms with Crippen molar-refractivity contribution in [2.24, 2.45) is 0 Å². The van der Waals surface area contributed by atoms with Crippen molar-refractivity contribution in [2.45, 2.75) is 45.4 Å². The van der Waals surface area contributed by atoms with E-state index in [1.54, 1.807) is 6.92 Å². The van der Waals surface area contributed by atoms with Crippen LogP contribution >= 0.6 is 0 Å². The molecule has 1 aromatic rings. The Morgan fingerprint density at radius 2 is 2.00 bits per heavy atom. The van der Waals surface area contributed by atoms with Gasteiger partial charge < -0.3 is 9.52 Å². The van der Waals surface area contributed by atoms with Gasteiger partial charge in [-0.3, -0.25) is 4.79 Å². The molecule has 5 heteroatoms. The number of aromatic nitrogens is 2. The van der Waals surface area contributed by atoms with E-state index < -0.39 is 5.97 Å². The predicted molar refractivity (Wildman–Crippen MR) is 53.5 cm³/mol. The molecule has 0 aliphatic heterocycles. The Morgan fingerprint density at radius 3 is 2.60 bits per heavy atom. The molecular formula is C10H16N2O3. The van der Waals surface area contributed by atoms with Crippen LogP contribution in [-0.2, 0) is 11.2 Å². The van der Waals surface area contributed by atoms with Gasteiger partial charge in [-0.2, -0.15) is 0 Å². The Labute approximate surface area is 88.5 Å². The molecule has 1 heterocycles. The first kappa shape index (κ1) is 11.7. The smallest absolute Gasteiger partial charge is 0.303 e. The Morgan fingerprint density at radius 1 is 1.27 bits per heavy atom. The molecule has 0 fully saturated rings. The van der Waals surface area contributed by atoms with Gasteiger partial charge in [-0.25, -0.2) is 0 Å². The fraction of sp³-hybridized carbons (Fsp3) is 0.700. The standard InChI is InChI=1S/C10H16N2O3/c1-8-11-12-9(15-8)6-4-2-3-5-7-10(13)14/h2-7H2,1H3,(H,13,14). The van der Waals surface area contributed by atoms with Crippen LogP contribution in [0.3, 0.4) is 0 Å². The molecule has 0 saturated carbocycles. The van der Waals surface area contributed by atoms with Gasteiger partial charge in [-0.05, 0) is 12.8 Å². The maximum absolute atomic E-state index is 10.2. The summed E-state index contributed by atoms with van der Waals surface area (Å²) in [5.74, 6) is 0.545. The lowest BCUT2D eigenvalue weighted by atomic mass is 10.1. The first-order valence-corrected chi connectivity index (χ1v) is 5.19. The van der Waals surface area contributed by atoms with Crippen molar-refractivity contribution in [1.82, 2.24) is 10.2 Å². The van der Waals surface area contributed by atoms with E-state index in [-0.39, 0.29) is 6.42 Å². The maximum atomic E-state index is 10.2.